The molecule has 1 fully saturated rings. The Balaban J connectivity index is 1.35. The summed E-state index contributed by atoms with van der Waals surface area (Å²) in [5.41, 5.74) is 1.01. The number of carbonyl (C=O) groups is 1. The first-order chi connectivity index (χ1) is 13.2. The second-order valence-corrected chi connectivity index (χ2v) is 7.26. The van der Waals surface area contributed by atoms with Crippen molar-refractivity contribution in [3.8, 4) is 5.75 Å². The van der Waals surface area contributed by atoms with Crippen LogP contribution in [-0.4, -0.2) is 53.9 Å². The van der Waals surface area contributed by atoms with Crippen LogP contribution in [0.15, 0.2) is 42.7 Å². The number of piperidine rings is 1. The van der Waals surface area contributed by atoms with Crippen molar-refractivity contribution in [2.24, 2.45) is 5.92 Å². The molecule has 1 saturated heterocycles. The van der Waals surface area contributed by atoms with Crippen molar-refractivity contribution in [1.29, 1.82) is 0 Å². The Morgan fingerprint density at radius 1 is 1.30 bits per heavy atom. The third-order valence-electron chi connectivity index (χ3n) is 5.14. The molecule has 1 aliphatic rings. The van der Waals surface area contributed by atoms with E-state index in [1.807, 2.05) is 47.4 Å². The molecule has 0 saturated carbocycles. The number of hydrogen-bond donors (Lipinski definition) is 1. The minimum Gasteiger partial charge on any atom is -0.497 e. The first-order valence-electron chi connectivity index (χ1n) is 9.82. The molecule has 3 rings (SSSR count). The molecular formula is C21H30N4O2. The lowest BCUT2D eigenvalue weighted by atomic mass is 9.97. The summed E-state index contributed by atoms with van der Waals surface area (Å²) in [6.07, 6.45) is 7.77. The van der Waals surface area contributed by atoms with Gasteiger partial charge in [-0.15, -0.1) is 0 Å². The van der Waals surface area contributed by atoms with Crippen LogP contribution < -0.4 is 10.1 Å². The Morgan fingerprint density at radius 2 is 2.15 bits per heavy atom. The maximum Gasteiger partial charge on any atom is 0.224 e. The predicted octanol–water partition coefficient (Wildman–Crippen LogP) is 2.35. The van der Waals surface area contributed by atoms with Crippen molar-refractivity contribution in [2.75, 3.05) is 33.3 Å². The van der Waals surface area contributed by atoms with E-state index in [9.17, 15) is 4.79 Å². The number of ether oxygens (including phenoxy) is 1. The van der Waals surface area contributed by atoms with E-state index in [1.54, 1.807) is 7.11 Å². The van der Waals surface area contributed by atoms with Crippen LogP contribution in [-0.2, 0) is 17.8 Å². The van der Waals surface area contributed by atoms with Crippen LogP contribution in [0.25, 0.3) is 0 Å². The fourth-order valence-electron chi connectivity index (χ4n) is 3.66. The highest BCUT2D eigenvalue weighted by Crippen LogP contribution is 2.16. The van der Waals surface area contributed by atoms with Crippen LogP contribution in [0, 0.1) is 5.92 Å². The zero-order valence-corrected chi connectivity index (χ0v) is 16.1. The quantitative estimate of drug-likeness (QED) is 0.736. The van der Waals surface area contributed by atoms with Crippen molar-refractivity contribution < 1.29 is 9.53 Å². The number of carbonyl (C=O) groups excluding carboxylic acids is 1. The largest absolute Gasteiger partial charge is 0.497 e. The number of likely N-dealkylation sites (tertiary alicyclic amines) is 1. The van der Waals surface area contributed by atoms with Gasteiger partial charge in [0.15, 0.2) is 0 Å². The van der Waals surface area contributed by atoms with Crippen LogP contribution in [0.4, 0.5) is 0 Å². The van der Waals surface area contributed by atoms with E-state index in [-0.39, 0.29) is 5.91 Å². The zero-order valence-electron chi connectivity index (χ0n) is 16.1. The molecule has 1 amide bonds. The number of rotatable bonds is 9. The standard InChI is InChI=1S/C21H30N4O2/c1-27-20-8-6-18(7-9-20)15-21(26)22-16-19-5-2-11-24(17-19)12-4-14-25-13-3-10-23-25/h3,6-10,13,19H,2,4-5,11-12,14-17H2,1H3,(H,22,26). The van der Waals surface area contributed by atoms with Gasteiger partial charge in [-0.3, -0.25) is 9.48 Å². The molecule has 1 unspecified atom stereocenters. The molecular weight excluding hydrogens is 340 g/mol. The SMILES string of the molecule is COc1ccc(CC(=O)NCC2CCCN(CCCn3cccn3)C2)cc1. The van der Waals surface area contributed by atoms with Gasteiger partial charge in [-0.05, 0) is 62.0 Å². The van der Waals surface area contributed by atoms with Crippen LogP contribution in [0.1, 0.15) is 24.8 Å². The first kappa shape index (κ1) is 19.4. The third kappa shape index (κ3) is 6.40. The number of methoxy groups -OCH3 is 1. The van der Waals surface area contributed by atoms with Crippen molar-refractivity contribution in [2.45, 2.75) is 32.2 Å². The average Bonchev–Trinajstić information content (AvgIpc) is 3.21. The molecule has 27 heavy (non-hydrogen) atoms. The van der Waals surface area contributed by atoms with Crippen molar-refractivity contribution in [1.82, 2.24) is 20.0 Å². The molecule has 6 nitrogen and oxygen atoms in total. The first-order valence-corrected chi connectivity index (χ1v) is 9.82. The monoisotopic (exact) mass is 370 g/mol. The lowest BCUT2D eigenvalue weighted by molar-refractivity contribution is -0.120. The van der Waals surface area contributed by atoms with E-state index >= 15 is 0 Å². The van der Waals surface area contributed by atoms with E-state index < -0.39 is 0 Å². The van der Waals surface area contributed by atoms with E-state index in [0.29, 0.717) is 12.3 Å². The van der Waals surface area contributed by atoms with E-state index in [0.717, 1.165) is 50.5 Å². The van der Waals surface area contributed by atoms with Crippen LogP contribution in [0.2, 0.25) is 0 Å². The fourth-order valence-corrected chi connectivity index (χ4v) is 3.66. The third-order valence-corrected chi connectivity index (χ3v) is 5.14. The lowest BCUT2D eigenvalue weighted by Gasteiger charge is -2.32. The molecule has 1 aromatic heterocycles. The van der Waals surface area contributed by atoms with E-state index in [4.69, 9.17) is 4.74 Å². The number of amides is 1. The van der Waals surface area contributed by atoms with Gasteiger partial charge in [-0.2, -0.15) is 5.10 Å². The molecule has 1 atom stereocenters. The molecule has 0 spiro atoms. The highest BCUT2D eigenvalue weighted by atomic mass is 16.5. The summed E-state index contributed by atoms with van der Waals surface area (Å²) >= 11 is 0. The Bertz CT molecular complexity index is 685. The van der Waals surface area contributed by atoms with Gasteiger partial charge in [-0.25, -0.2) is 0 Å². The topological polar surface area (TPSA) is 59.4 Å². The summed E-state index contributed by atoms with van der Waals surface area (Å²) in [5, 5.41) is 7.37. The van der Waals surface area contributed by atoms with Crippen LogP contribution in [0.5, 0.6) is 5.75 Å². The second kappa shape index (κ2) is 10.1. The predicted molar refractivity (Wildman–Crippen MR) is 106 cm³/mol. The van der Waals surface area contributed by atoms with Crippen molar-refractivity contribution >= 4 is 5.91 Å². The lowest BCUT2D eigenvalue weighted by Crippen LogP contribution is -2.41. The van der Waals surface area contributed by atoms with Gasteiger partial charge in [0, 0.05) is 32.0 Å². The van der Waals surface area contributed by atoms with Gasteiger partial charge in [0.1, 0.15) is 5.75 Å². The van der Waals surface area contributed by atoms with Gasteiger partial charge >= 0.3 is 0 Å². The molecule has 1 aromatic carbocycles. The van der Waals surface area contributed by atoms with Crippen LogP contribution in [0.3, 0.4) is 0 Å². The Kier molecular flexibility index (Phi) is 7.27. The molecule has 146 valence electrons. The molecule has 0 radical (unpaired) electrons. The fraction of sp³-hybridized carbons (Fsp3) is 0.524. The molecule has 0 aliphatic carbocycles. The van der Waals surface area contributed by atoms with Gasteiger partial charge in [0.05, 0.1) is 13.5 Å². The molecule has 2 aromatic rings. The number of aryl methyl sites for hydroxylation is 1. The van der Waals surface area contributed by atoms with E-state index in [2.05, 4.69) is 15.3 Å². The summed E-state index contributed by atoms with van der Waals surface area (Å²) in [6.45, 7) is 5.06. The number of aromatic nitrogens is 2. The number of nitrogens with zero attached hydrogens (tertiary/aromatic N) is 3. The van der Waals surface area contributed by atoms with Crippen molar-refractivity contribution in [3.05, 3.63) is 48.3 Å². The molecule has 0 bridgehead atoms. The number of hydrogen-bond acceptors (Lipinski definition) is 4. The zero-order chi connectivity index (χ0) is 18.9. The van der Waals surface area contributed by atoms with E-state index in [1.165, 1.54) is 12.8 Å². The highest BCUT2D eigenvalue weighted by molar-refractivity contribution is 5.78. The summed E-state index contributed by atoms with van der Waals surface area (Å²) in [4.78, 5) is 14.7. The Morgan fingerprint density at radius 3 is 2.89 bits per heavy atom. The highest BCUT2D eigenvalue weighted by Gasteiger charge is 2.20. The molecule has 1 N–H and O–H groups in total. The maximum absolute atomic E-state index is 12.2. The van der Waals surface area contributed by atoms with Crippen molar-refractivity contribution in [3.63, 3.8) is 0 Å². The van der Waals surface area contributed by atoms with Gasteiger partial charge in [0.25, 0.3) is 0 Å². The summed E-state index contributed by atoms with van der Waals surface area (Å²) < 4.78 is 7.14. The molecule has 6 heteroatoms. The number of benzene rings is 1. The summed E-state index contributed by atoms with van der Waals surface area (Å²) in [7, 11) is 1.65. The second-order valence-electron chi connectivity index (χ2n) is 7.26. The normalized spacial score (nSPS) is 17.6. The maximum atomic E-state index is 12.2. The average molecular weight is 370 g/mol. The minimum absolute atomic E-state index is 0.0935. The summed E-state index contributed by atoms with van der Waals surface area (Å²) in [6, 6.07) is 9.64. The van der Waals surface area contributed by atoms with Gasteiger partial charge in [-0.1, -0.05) is 12.1 Å². The van der Waals surface area contributed by atoms with Gasteiger partial charge < -0.3 is 15.0 Å². The van der Waals surface area contributed by atoms with Gasteiger partial charge in [0.2, 0.25) is 5.91 Å². The summed E-state index contributed by atoms with van der Waals surface area (Å²) in [5.74, 6) is 1.45. The number of nitrogens with one attached hydrogen (secondary N) is 1. The Labute approximate surface area is 161 Å². The molecule has 1 aliphatic heterocycles. The minimum atomic E-state index is 0.0935. The van der Waals surface area contributed by atoms with Crippen LogP contribution >= 0.6 is 0 Å². The Hall–Kier alpha value is -2.34. The molecule has 2 heterocycles. The smallest absolute Gasteiger partial charge is 0.224 e.